The van der Waals surface area contributed by atoms with Crippen LogP contribution in [0.3, 0.4) is 0 Å². The summed E-state index contributed by atoms with van der Waals surface area (Å²) >= 11 is 18.5. The zero-order chi connectivity index (χ0) is 25.0. The molecule has 0 unspecified atom stereocenters. The summed E-state index contributed by atoms with van der Waals surface area (Å²) in [6.07, 6.45) is 4.72. The molecular weight excluding hydrogens is 523 g/mol. The minimum absolute atomic E-state index is 0.141. The molecule has 180 valence electrons. The Kier molecular flexibility index (Phi) is 5.55. The van der Waals surface area contributed by atoms with Crippen LogP contribution < -0.4 is 11.3 Å². The molecule has 5 heterocycles. The normalized spacial score (nSPS) is 14.8. The van der Waals surface area contributed by atoms with Crippen molar-refractivity contribution in [1.82, 2.24) is 34.5 Å². The van der Waals surface area contributed by atoms with E-state index < -0.39 is 0 Å². The Morgan fingerprint density at radius 2 is 1.92 bits per heavy atom. The fraction of sp³-hybridized carbons (Fsp3) is 0.125. The van der Waals surface area contributed by atoms with Crippen molar-refractivity contribution in [3.05, 3.63) is 92.1 Å². The average Bonchev–Trinajstić information content (AvgIpc) is 3.58. The van der Waals surface area contributed by atoms with Gasteiger partial charge in [-0.15, -0.1) is 5.10 Å². The number of rotatable bonds is 4. The first-order valence-corrected chi connectivity index (χ1v) is 12.1. The van der Waals surface area contributed by atoms with Crippen LogP contribution in [0.2, 0.25) is 15.3 Å². The third-order valence-corrected chi connectivity index (χ3v) is 6.88. The fourth-order valence-electron chi connectivity index (χ4n) is 4.60. The number of pyridine rings is 2. The number of imidazole rings is 1. The Balaban J connectivity index is 1.39. The number of benzene rings is 1. The van der Waals surface area contributed by atoms with Crippen molar-refractivity contribution < 1.29 is 0 Å². The van der Waals surface area contributed by atoms with Crippen LogP contribution >= 0.6 is 34.8 Å². The molecule has 9 nitrogen and oxygen atoms in total. The number of nitrogens with zero attached hydrogens (tertiary/aromatic N) is 6. The number of aromatic nitrogens is 7. The predicted octanol–water partition coefficient (Wildman–Crippen LogP) is 4.96. The van der Waals surface area contributed by atoms with Gasteiger partial charge >= 0.3 is 0 Å². The lowest BCUT2D eigenvalue weighted by Crippen LogP contribution is -2.23. The van der Waals surface area contributed by atoms with Gasteiger partial charge in [0.05, 0.1) is 29.8 Å². The van der Waals surface area contributed by atoms with Crippen molar-refractivity contribution in [2.75, 3.05) is 5.73 Å². The molecule has 4 aromatic heterocycles. The molecule has 1 atom stereocenters. The first-order chi connectivity index (χ1) is 17.4. The van der Waals surface area contributed by atoms with Crippen LogP contribution in [-0.2, 0) is 6.42 Å². The Labute approximate surface area is 219 Å². The Bertz CT molecular complexity index is 1690. The molecule has 0 saturated heterocycles. The smallest absolute Gasteiger partial charge is 0.252 e. The molecular formula is C24H17Cl3N8O. The summed E-state index contributed by atoms with van der Waals surface area (Å²) in [5.41, 5.74) is 10.0. The lowest BCUT2D eigenvalue weighted by Gasteiger charge is -2.15. The van der Waals surface area contributed by atoms with Crippen LogP contribution in [0.5, 0.6) is 0 Å². The van der Waals surface area contributed by atoms with E-state index >= 15 is 0 Å². The number of anilines is 1. The summed E-state index contributed by atoms with van der Waals surface area (Å²) in [5.74, 6) is 1.01. The van der Waals surface area contributed by atoms with Crippen LogP contribution in [0.1, 0.15) is 24.0 Å². The van der Waals surface area contributed by atoms with Gasteiger partial charge in [-0.3, -0.25) is 4.79 Å². The van der Waals surface area contributed by atoms with Crippen molar-refractivity contribution in [3.8, 4) is 28.1 Å². The van der Waals surface area contributed by atoms with E-state index in [2.05, 4.69) is 25.3 Å². The van der Waals surface area contributed by atoms with Crippen molar-refractivity contribution in [2.24, 2.45) is 0 Å². The van der Waals surface area contributed by atoms with Crippen LogP contribution in [0.15, 0.2) is 59.7 Å². The van der Waals surface area contributed by atoms with Gasteiger partial charge < -0.3 is 15.3 Å². The van der Waals surface area contributed by atoms with Crippen LogP contribution in [0.4, 0.5) is 5.82 Å². The highest BCUT2D eigenvalue weighted by molar-refractivity contribution is 6.32. The molecule has 36 heavy (non-hydrogen) atoms. The molecule has 1 aliphatic heterocycles. The molecule has 12 heteroatoms. The number of hydrogen-bond acceptors (Lipinski definition) is 6. The molecule has 1 aliphatic rings. The number of halogens is 3. The lowest BCUT2D eigenvalue weighted by atomic mass is 10.0. The topological polar surface area (TPSA) is 120 Å². The maximum absolute atomic E-state index is 13.4. The monoisotopic (exact) mass is 538 g/mol. The van der Waals surface area contributed by atoms with E-state index in [1.165, 1.54) is 0 Å². The van der Waals surface area contributed by atoms with Crippen LogP contribution in [-0.4, -0.2) is 34.5 Å². The lowest BCUT2D eigenvalue weighted by molar-refractivity contribution is 0.572. The summed E-state index contributed by atoms with van der Waals surface area (Å²) < 4.78 is 3.33. The average molecular weight is 540 g/mol. The zero-order valence-corrected chi connectivity index (χ0v) is 20.8. The fourth-order valence-corrected chi connectivity index (χ4v) is 5.16. The number of nitrogens with one attached hydrogen (secondary N) is 1. The maximum Gasteiger partial charge on any atom is 0.252 e. The Hall–Kier alpha value is -3.66. The van der Waals surface area contributed by atoms with Gasteiger partial charge in [-0.25, -0.2) is 14.6 Å². The molecule has 0 bridgehead atoms. The minimum atomic E-state index is -0.233. The summed E-state index contributed by atoms with van der Waals surface area (Å²) in [4.78, 5) is 25.3. The molecule has 0 saturated carbocycles. The van der Waals surface area contributed by atoms with Crippen molar-refractivity contribution in [1.29, 1.82) is 0 Å². The first kappa shape index (κ1) is 22.8. The SMILES string of the molecule is Nc1ccc(-c2cnc([C@@H]3CCc4cc(-c5cc(Cl)ccc5-n5cc(Cl)nn5)cc(=O)n43)[nH]2)c(Cl)n1. The van der Waals surface area contributed by atoms with E-state index in [0.717, 1.165) is 23.2 Å². The largest absolute Gasteiger partial charge is 0.384 e. The van der Waals surface area contributed by atoms with E-state index in [1.54, 1.807) is 52.0 Å². The number of nitrogens with two attached hydrogens (primary N) is 1. The molecule has 0 aliphatic carbocycles. The number of nitrogen functional groups attached to an aromatic ring is 1. The summed E-state index contributed by atoms with van der Waals surface area (Å²) in [7, 11) is 0. The van der Waals surface area contributed by atoms with Crippen molar-refractivity contribution in [2.45, 2.75) is 18.9 Å². The van der Waals surface area contributed by atoms with Gasteiger partial charge in [0.1, 0.15) is 16.8 Å². The van der Waals surface area contributed by atoms with E-state index in [-0.39, 0.29) is 21.9 Å². The van der Waals surface area contributed by atoms with E-state index in [0.29, 0.717) is 40.0 Å². The molecule has 0 amide bonds. The second-order valence-corrected chi connectivity index (χ2v) is 9.58. The van der Waals surface area contributed by atoms with Gasteiger partial charge in [0, 0.05) is 27.9 Å². The third-order valence-electron chi connectivity index (χ3n) is 6.19. The molecule has 0 radical (unpaired) electrons. The second kappa shape index (κ2) is 8.77. The predicted molar refractivity (Wildman–Crippen MR) is 139 cm³/mol. The quantitative estimate of drug-likeness (QED) is 0.312. The Morgan fingerprint density at radius 1 is 1.06 bits per heavy atom. The van der Waals surface area contributed by atoms with Gasteiger partial charge in [0.15, 0.2) is 5.15 Å². The van der Waals surface area contributed by atoms with Crippen LogP contribution in [0.25, 0.3) is 28.1 Å². The zero-order valence-electron chi connectivity index (χ0n) is 18.5. The highest BCUT2D eigenvalue weighted by atomic mass is 35.5. The molecule has 0 spiro atoms. The molecule has 0 fully saturated rings. The summed E-state index contributed by atoms with van der Waals surface area (Å²) in [6.45, 7) is 0. The van der Waals surface area contributed by atoms with Gasteiger partial charge in [0.2, 0.25) is 0 Å². The number of hydrogen-bond donors (Lipinski definition) is 2. The molecule has 1 aromatic carbocycles. The van der Waals surface area contributed by atoms with Gasteiger partial charge in [-0.2, -0.15) is 0 Å². The first-order valence-electron chi connectivity index (χ1n) is 11.0. The third kappa shape index (κ3) is 3.95. The summed E-state index contributed by atoms with van der Waals surface area (Å²) in [6, 6.07) is 12.2. The molecule has 6 rings (SSSR count). The summed E-state index contributed by atoms with van der Waals surface area (Å²) in [5, 5.41) is 9.00. The highest BCUT2D eigenvalue weighted by Crippen LogP contribution is 2.35. The maximum atomic E-state index is 13.4. The minimum Gasteiger partial charge on any atom is -0.384 e. The standard InChI is InChI=1S/C24H17Cl3N8O/c25-13-1-4-18(34-11-20(26)32-33-34)16(9-13)12-7-14-2-5-19(35(14)22(36)8-12)24-29-10-17(30-24)15-3-6-21(28)31-23(15)27/h1,3-4,6-11,19H,2,5H2,(H2,28,31)(H,29,30)/t19-/m0/s1. The van der Waals surface area contributed by atoms with Crippen LogP contribution in [0, 0.1) is 0 Å². The van der Waals surface area contributed by atoms with Gasteiger partial charge in [-0.05, 0) is 54.8 Å². The number of H-pyrrole nitrogens is 1. The molecule has 3 N–H and O–H groups in total. The van der Waals surface area contributed by atoms with E-state index in [4.69, 9.17) is 40.5 Å². The Morgan fingerprint density at radius 3 is 2.69 bits per heavy atom. The van der Waals surface area contributed by atoms with Gasteiger partial charge in [-0.1, -0.05) is 40.0 Å². The highest BCUT2D eigenvalue weighted by Gasteiger charge is 2.28. The van der Waals surface area contributed by atoms with E-state index in [9.17, 15) is 4.79 Å². The number of aromatic amines is 1. The second-order valence-electron chi connectivity index (χ2n) is 8.40. The molecule has 5 aromatic rings. The van der Waals surface area contributed by atoms with Crippen molar-refractivity contribution >= 4 is 40.6 Å². The van der Waals surface area contributed by atoms with E-state index in [1.807, 2.05) is 12.1 Å². The number of aryl methyl sites for hydroxylation is 1. The number of fused-ring (bicyclic) bond motifs is 1. The van der Waals surface area contributed by atoms with Gasteiger partial charge in [0.25, 0.3) is 5.56 Å². The van der Waals surface area contributed by atoms with Crippen molar-refractivity contribution in [3.63, 3.8) is 0 Å².